The molecule has 1 N–H and O–H groups in total. The summed E-state index contributed by atoms with van der Waals surface area (Å²) in [5.74, 6) is 0.620. The molecule has 0 fully saturated rings. The number of carbonyl (C=O) groups excluding carboxylic acids is 2. The SMILES string of the molecule is C[C@H](NC(=O)COC(=O)c1ccc(COc2ccccc2)o1)c1cc2ccccc2o1. The van der Waals surface area contributed by atoms with Gasteiger partial charge in [0.15, 0.2) is 6.61 Å². The van der Waals surface area contributed by atoms with Gasteiger partial charge in [0.05, 0.1) is 6.04 Å². The van der Waals surface area contributed by atoms with Crippen molar-refractivity contribution < 1.29 is 27.9 Å². The summed E-state index contributed by atoms with van der Waals surface area (Å²) >= 11 is 0. The van der Waals surface area contributed by atoms with E-state index in [2.05, 4.69) is 5.32 Å². The van der Waals surface area contributed by atoms with Gasteiger partial charge >= 0.3 is 5.97 Å². The van der Waals surface area contributed by atoms with Crippen LogP contribution >= 0.6 is 0 Å². The molecule has 4 rings (SSSR count). The first kappa shape index (κ1) is 20.3. The van der Waals surface area contributed by atoms with E-state index >= 15 is 0 Å². The van der Waals surface area contributed by atoms with E-state index in [4.69, 9.17) is 18.3 Å². The van der Waals surface area contributed by atoms with Gasteiger partial charge in [-0.1, -0.05) is 36.4 Å². The van der Waals surface area contributed by atoms with Gasteiger partial charge in [-0.3, -0.25) is 4.79 Å². The van der Waals surface area contributed by atoms with Crippen LogP contribution in [0.1, 0.15) is 35.0 Å². The topological polar surface area (TPSA) is 90.9 Å². The number of fused-ring (bicyclic) bond motifs is 1. The Kier molecular flexibility index (Phi) is 6.03. The summed E-state index contributed by atoms with van der Waals surface area (Å²) in [5, 5.41) is 3.70. The average molecular weight is 419 g/mol. The maximum Gasteiger partial charge on any atom is 0.374 e. The Bertz CT molecular complexity index is 1140. The summed E-state index contributed by atoms with van der Waals surface area (Å²) in [4.78, 5) is 24.3. The fourth-order valence-corrected chi connectivity index (χ4v) is 3.01. The number of nitrogens with one attached hydrogen (secondary N) is 1. The Hall–Kier alpha value is -4.00. The number of furan rings is 2. The fraction of sp³-hybridized carbons (Fsp3) is 0.167. The number of ether oxygens (including phenoxy) is 2. The quantitative estimate of drug-likeness (QED) is 0.419. The second-order valence-electron chi connectivity index (χ2n) is 6.92. The molecule has 7 nitrogen and oxygen atoms in total. The van der Waals surface area contributed by atoms with Gasteiger partial charge < -0.3 is 23.6 Å². The van der Waals surface area contributed by atoms with Gasteiger partial charge in [-0.25, -0.2) is 4.79 Å². The minimum Gasteiger partial charge on any atom is -0.486 e. The van der Waals surface area contributed by atoms with Gasteiger partial charge in [-0.2, -0.15) is 0 Å². The van der Waals surface area contributed by atoms with Crippen molar-refractivity contribution in [1.82, 2.24) is 5.32 Å². The Balaban J connectivity index is 1.25. The van der Waals surface area contributed by atoms with Gasteiger partial charge in [0, 0.05) is 5.39 Å². The van der Waals surface area contributed by atoms with E-state index in [0.717, 1.165) is 11.0 Å². The molecule has 2 aromatic heterocycles. The number of para-hydroxylation sites is 2. The molecule has 158 valence electrons. The summed E-state index contributed by atoms with van der Waals surface area (Å²) in [7, 11) is 0. The van der Waals surface area contributed by atoms with Crippen LogP contribution in [0, 0.1) is 0 Å². The molecule has 2 heterocycles. The van der Waals surface area contributed by atoms with Crippen molar-refractivity contribution >= 4 is 22.8 Å². The van der Waals surface area contributed by atoms with Gasteiger partial charge in [0.2, 0.25) is 5.76 Å². The van der Waals surface area contributed by atoms with Crippen LogP contribution in [0.2, 0.25) is 0 Å². The van der Waals surface area contributed by atoms with Crippen LogP contribution in [0.3, 0.4) is 0 Å². The van der Waals surface area contributed by atoms with Crippen molar-refractivity contribution in [3.63, 3.8) is 0 Å². The molecule has 2 aromatic carbocycles. The zero-order chi connectivity index (χ0) is 21.6. The summed E-state index contributed by atoms with van der Waals surface area (Å²) in [6, 6.07) is 21.5. The molecule has 0 spiro atoms. The number of benzene rings is 2. The van der Waals surface area contributed by atoms with Crippen LogP contribution in [-0.2, 0) is 16.1 Å². The highest BCUT2D eigenvalue weighted by Crippen LogP contribution is 2.23. The van der Waals surface area contributed by atoms with Crippen LogP contribution in [-0.4, -0.2) is 18.5 Å². The maximum absolute atomic E-state index is 12.2. The largest absolute Gasteiger partial charge is 0.486 e. The van der Waals surface area contributed by atoms with Crippen LogP contribution < -0.4 is 10.1 Å². The highest BCUT2D eigenvalue weighted by molar-refractivity contribution is 5.89. The third-order valence-electron chi connectivity index (χ3n) is 4.57. The lowest BCUT2D eigenvalue weighted by Crippen LogP contribution is -2.30. The third kappa shape index (κ3) is 5.14. The van der Waals surface area contributed by atoms with Gasteiger partial charge in [-0.15, -0.1) is 0 Å². The van der Waals surface area contributed by atoms with Crippen molar-refractivity contribution in [3.8, 4) is 5.75 Å². The van der Waals surface area contributed by atoms with Crippen molar-refractivity contribution in [1.29, 1.82) is 0 Å². The summed E-state index contributed by atoms with van der Waals surface area (Å²) in [6.07, 6.45) is 0. The lowest BCUT2D eigenvalue weighted by Gasteiger charge is -2.11. The second kappa shape index (κ2) is 9.21. The molecule has 0 radical (unpaired) electrons. The van der Waals surface area contributed by atoms with E-state index in [1.54, 1.807) is 13.0 Å². The minimum atomic E-state index is -0.725. The number of esters is 1. The molecule has 0 aliphatic rings. The molecular weight excluding hydrogens is 398 g/mol. The number of hydrogen-bond donors (Lipinski definition) is 1. The molecule has 0 bridgehead atoms. The first-order valence-electron chi connectivity index (χ1n) is 9.80. The fourth-order valence-electron chi connectivity index (χ4n) is 3.01. The molecule has 0 unspecified atom stereocenters. The van der Waals surface area contributed by atoms with Gasteiger partial charge in [-0.05, 0) is 43.3 Å². The lowest BCUT2D eigenvalue weighted by atomic mass is 10.2. The molecule has 0 aliphatic heterocycles. The number of carbonyl (C=O) groups is 2. The van der Waals surface area contributed by atoms with E-state index in [1.807, 2.05) is 60.7 Å². The summed E-state index contributed by atoms with van der Waals surface area (Å²) in [6.45, 7) is 1.54. The van der Waals surface area contributed by atoms with Crippen molar-refractivity contribution in [3.05, 3.63) is 90.1 Å². The maximum atomic E-state index is 12.2. The smallest absolute Gasteiger partial charge is 0.374 e. The zero-order valence-electron chi connectivity index (χ0n) is 16.9. The van der Waals surface area contributed by atoms with E-state index < -0.39 is 18.5 Å². The molecular formula is C24H21NO6. The molecule has 1 amide bonds. The predicted octanol–water partition coefficient (Wildman–Crippen LogP) is 4.64. The van der Waals surface area contributed by atoms with Crippen LogP contribution in [0.15, 0.2) is 81.6 Å². The molecule has 0 aliphatic carbocycles. The summed E-state index contributed by atoms with van der Waals surface area (Å²) in [5.41, 5.74) is 0.745. The predicted molar refractivity (Wildman–Crippen MR) is 113 cm³/mol. The van der Waals surface area contributed by atoms with Crippen LogP contribution in [0.5, 0.6) is 5.75 Å². The van der Waals surface area contributed by atoms with E-state index in [9.17, 15) is 9.59 Å². The van der Waals surface area contributed by atoms with Gasteiger partial charge in [0.25, 0.3) is 5.91 Å². The zero-order valence-corrected chi connectivity index (χ0v) is 16.9. The average Bonchev–Trinajstić information content (AvgIpc) is 3.44. The first-order chi connectivity index (χ1) is 15.1. The highest BCUT2D eigenvalue weighted by atomic mass is 16.6. The van der Waals surface area contributed by atoms with Crippen LogP contribution in [0.25, 0.3) is 11.0 Å². The first-order valence-corrected chi connectivity index (χ1v) is 9.80. The van der Waals surface area contributed by atoms with E-state index in [1.165, 1.54) is 6.07 Å². The molecule has 4 aromatic rings. The Morgan fingerprint density at radius 1 is 0.968 bits per heavy atom. The van der Waals surface area contributed by atoms with Crippen molar-refractivity contribution in [2.24, 2.45) is 0 Å². The van der Waals surface area contributed by atoms with E-state index in [0.29, 0.717) is 17.3 Å². The lowest BCUT2D eigenvalue weighted by molar-refractivity contribution is -0.125. The Morgan fingerprint density at radius 2 is 1.74 bits per heavy atom. The highest BCUT2D eigenvalue weighted by Gasteiger charge is 2.18. The van der Waals surface area contributed by atoms with Crippen molar-refractivity contribution in [2.75, 3.05) is 6.61 Å². The molecule has 0 saturated heterocycles. The minimum absolute atomic E-state index is 0.00444. The number of rotatable bonds is 8. The van der Waals surface area contributed by atoms with Crippen molar-refractivity contribution in [2.45, 2.75) is 19.6 Å². The normalized spacial score (nSPS) is 11.8. The number of amides is 1. The second-order valence-corrected chi connectivity index (χ2v) is 6.92. The monoisotopic (exact) mass is 419 g/mol. The molecule has 0 saturated carbocycles. The number of hydrogen-bond acceptors (Lipinski definition) is 6. The Labute approximate surface area is 178 Å². The molecule has 7 heteroatoms. The summed E-state index contributed by atoms with van der Waals surface area (Å²) < 4.78 is 21.8. The molecule has 1 atom stereocenters. The van der Waals surface area contributed by atoms with Gasteiger partial charge in [0.1, 0.15) is 29.5 Å². The van der Waals surface area contributed by atoms with Crippen LogP contribution in [0.4, 0.5) is 0 Å². The van der Waals surface area contributed by atoms with E-state index in [-0.39, 0.29) is 18.4 Å². The third-order valence-corrected chi connectivity index (χ3v) is 4.57. The Morgan fingerprint density at radius 3 is 2.55 bits per heavy atom. The molecule has 31 heavy (non-hydrogen) atoms. The standard InChI is InChI=1S/C24H21NO6/c1-16(22-13-17-7-5-6-10-20(17)31-22)25-23(26)15-29-24(27)21-12-11-19(30-21)14-28-18-8-3-2-4-9-18/h2-13,16H,14-15H2,1H3,(H,25,26)/t16-/m0/s1.